The topological polar surface area (TPSA) is 46.9 Å². The Labute approximate surface area is 134 Å². The minimum Gasteiger partial charge on any atom is -0.324 e. The maximum Gasteiger partial charge on any atom is 0.418 e. The zero-order valence-corrected chi connectivity index (χ0v) is 12.7. The average Bonchev–Trinajstić information content (AvgIpc) is 2.88. The predicted molar refractivity (Wildman–Crippen MR) is 76.7 cm³/mol. The van der Waals surface area contributed by atoms with Crippen molar-refractivity contribution in [3.63, 3.8) is 0 Å². The fourth-order valence-electron chi connectivity index (χ4n) is 2.20. The Morgan fingerprint density at radius 1 is 1.25 bits per heavy atom. The Bertz CT molecular complexity index is 739. The molecule has 24 heavy (non-hydrogen) atoms. The molecule has 0 saturated carbocycles. The number of alkyl halides is 5. The van der Waals surface area contributed by atoms with Crippen molar-refractivity contribution in [2.45, 2.75) is 32.5 Å². The van der Waals surface area contributed by atoms with Crippen LogP contribution in [-0.4, -0.2) is 15.7 Å². The molecule has 0 bridgehead atoms. The Hall–Kier alpha value is -2.45. The third-order valence-corrected chi connectivity index (χ3v) is 3.40. The summed E-state index contributed by atoms with van der Waals surface area (Å²) >= 11 is 0. The highest BCUT2D eigenvalue weighted by Gasteiger charge is 2.34. The first-order valence-electron chi connectivity index (χ1n) is 6.92. The van der Waals surface area contributed by atoms with Crippen LogP contribution >= 0.6 is 0 Å². The quantitative estimate of drug-likeness (QED) is 0.836. The highest BCUT2D eigenvalue weighted by Crippen LogP contribution is 2.34. The van der Waals surface area contributed by atoms with Crippen molar-refractivity contribution in [3.8, 4) is 0 Å². The maximum atomic E-state index is 12.9. The smallest absolute Gasteiger partial charge is 0.324 e. The number of rotatable bonds is 4. The molecule has 4 nitrogen and oxygen atoms in total. The molecule has 1 heterocycles. The molecule has 0 fully saturated rings. The molecule has 9 heteroatoms. The van der Waals surface area contributed by atoms with Gasteiger partial charge >= 0.3 is 6.18 Å². The van der Waals surface area contributed by atoms with Crippen LogP contribution in [0.2, 0.25) is 0 Å². The lowest BCUT2D eigenvalue weighted by Gasteiger charge is -2.17. The number of nitrogens with zero attached hydrogens (tertiary/aromatic N) is 2. The van der Waals surface area contributed by atoms with Gasteiger partial charge in [-0.15, -0.1) is 0 Å². The number of carbonyl (C=O) groups is 1. The van der Waals surface area contributed by atoms with Crippen LogP contribution in [0, 0.1) is 6.92 Å². The largest absolute Gasteiger partial charge is 0.418 e. The first-order chi connectivity index (χ1) is 11.1. The van der Waals surface area contributed by atoms with Crippen molar-refractivity contribution in [2.75, 3.05) is 5.32 Å². The van der Waals surface area contributed by atoms with Gasteiger partial charge < -0.3 is 5.32 Å². The van der Waals surface area contributed by atoms with E-state index >= 15 is 0 Å². The van der Waals surface area contributed by atoms with E-state index in [4.69, 9.17) is 0 Å². The second-order valence-corrected chi connectivity index (χ2v) is 5.16. The third-order valence-electron chi connectivity index (χ3n) is 3.40. The summed E-state index contributed by atoms with van der Waals surface area (Å²) in [5.74, 6) is -0.793. The van der Waals surface area contributed by atoms with Crippen LogP contribution in [0.5, 0.6) is 0 Å². The van der Waals surface area contributed by atoms with Crippen molar-refractivity contribution in [2.24, 2.45) is 0 Å². The van der Waals surface area contributed by atoms with E-state index in [1.165, 1.54) is 26.0 Å². The molecule has 0 saturated heterocycles. The van der Waals surface area contributed by atoms with Crippen molar-refractivity contribution in [1.82, 2.24) is 9.78 Å². The van der Waals surface area contributed by atoms with Gasteiger partial charge in [0.2, 0.25) is 5.91 Å². The van der Waals surface area contributed by atoms with Gasteiger partial charge in [-0.05, 0) is 32.0 Å². The zero-order chi connectivity index (χ0) is 18.1. The lowest BCUT2D eigenvalue weighted by molar-refractivity contribution is -0.137. The molecule has 2 aromatic rings. The summed E-state index contributed by atoms with van der Waals surface area (Å²) in [4.78, 5) is 12.2. The van der Waals surface area contributed by atoms with E-state index in [1.54, 1.807) is 0 Å². The monoisotopic (exact) mass is 347 g/mol. The first kappa shape index (κ1) is 17.9. The minimum absolute atomic E-state index is 0.303. The number of carbonyl (C=O) groups excluding carboxylic acids is 1. The molecule has 1 unspecified atom stereocenters. The normalized spacial score (nSPS) is 13.2. The van der Waals surface area contributed by atoms with Gasteiger partial charge in [0.25, 0.3) is 6.43 Å². The van der Waals surface area contributed by atoms with Gasteiger partial charge in [-0.2, -0.15) is 18.3 Å². The van der Waals surface area contributed by atoms with Crippen LogP contribution in [0.1, 0.15) is 36.3 Å². The van der Waals surface area contributed by atoms with Gasteiger partial charge in [0, 0.05) is 5.69 Å². The number of amides is 1. The molecule has 1 aromatic carbocycles. The number of hydrogen-bond donors (Lipinski definition) is 1. The summed E-state index contributed by atoms with van der Waals surface area (Å²) in [5.41, 5.74) is -1.59. The van der Waals surface area contributed by atoms with E-state index in [1.807, 2.05) is 0 Å². The molecule has 0 spiro atoms. The van der Waals surface area contributed by atoms with Gasteiger partial charge in [-0.1, -0.05) is 12.1 Å². The van der Waals surface area contributed by atoms with Gasteiger partial charge in [0.15, 0.2) is 0 Å². The van der Waals surface area contributed by atoms with Crippen molar-refractivity contribution >= 4 is 11.6 Å². The fraction of sp³-hybridized carbons (Fsp3) is 0.333. The summed E-state index contributed by atoms with van der Waals surface area (Å²) in [6.07, 6.45) is -7.43. The molecular formula is C15H14F5N3O. The molecule has 2 rings (SSSR count). The average molecular weight is 347 g/mol. The predicted octanol–water partition coefficient (Wildman–Crippen LogP) is 4.35. The Morgan fingerprint density at radius 2 is 1.88 bits per heavy atom. The molecule has 1 amide bonds. The number of halogens is 5. The van der Waals surface area contributed by atoms with Gasteiger partial charge in [0.05, 0.1) is 11.3 Å². The van der Waals surface area contributed by atoms with E-state index in [0.717, 1.165) is 22.9 Å². The molecule has 1 N–H and O–H groups in total. The van der Waals surface area contributed by atoms with Crippen LogP contribution in [0.15, 0.2) is 30.3 Å². The van der Waals surface area contributed by atoms with Crippen molar-refractivity contribution < 1.29 is 26.7 Å². The van der Waals surface area contributed by atoms with Crippen LogP contribution in [-0.2, 0) is 11.0 Å². The fourth-order valence-corrected chi connectivity index (χ4v) is 2.20. The van der Waals surface area contributed by atoms with Crippen molar-refractivity contribution in [3.05, 3.63) is 47.3 Å². The summed E-state index contributed by atoms with van der Waals surface area (Å²) in [6, 6.07) is 4.58. The van der Waals surface area contributed by atoms with Crippen LogP contribution in [0.4, 0.5) is 27.6 Å². The number of aryl methyl sites for hydroxylation is 1. The van der Waals surface area contributed by atoms with Crippen molar-refractivity contribution in [1.29, 1.82) is 0 Å². The molecule has 1 atom stereocenters. The Balaban J connectivity index is 2.25. The number of benzene rings is 1. The van der Waals surface area contributed by atoms with Crippen LogP contribution in [0.25, 0.3) is 0 Å². The number of anilines is 1. The van der Waals surface area contributed by atoms with Crippen LogP contribution in [0.3, 0.4) is 0 Å². The highest BCUT2D eigenvalue weighted by molar-refractivity contribution is 5.94. The lowest BCUT2D eigenvalue weighted by Crippen LogP contribution is -2.26. The molecular weight excluding hydrogens is 333 g/mol. The third kappa shape index (κ3) is 3.72. The summed E-state index contributed by atoms with van der Waals surface area (Å²) in [5, 5.41) is 5.80. The summed E-state index contributed by atoms with van der Waals surface area (Å²) in [6.45, 7) is 2.84. The maximum absolute atomic E-state index is 12.9. The molecule has 0 aliphatic rings. The van der Waals surface area contributed by atoms with E-state index in [-0.39, 0.29) is 0 Å². The second-order valence-electron chi connectivity index (χ2n) is 5.16. The summed E-state index contributed by atoms with van der Waals surface area (Å²) in [7, 11) is 0. The molecule has 1 aromatic heterocycles. The Morgan fingerprint density at radius 3 is 2.42 bits per heavy atom. The Kier molecular flexibility index (Phi) is 4.91. The number of hydrogen-bond acceptors (Lipinski definition) is 2. The van der Waals surface area contributed by atoms with Gasteiger partial charge in [-0.3, -0.25) is 9.48 Å². The molecule has 130 valence electrons. The van der Waals surface area contributed by atoms with E-state index in [0.29, 0.717) is 5.69 Å². The molecule has 0 radical (unpaired) electrons. The number of para-hydroxylation sites is 1. The van der Waals surface area contributed by atoms with Gasteiger partial charge in [-0.25, -0.2) is 8.78 Å². The zero-order valence-electron chi connectivity index (χ0n) is 12.7. The number of nitrogens with one attached hydrogen (secondary N) is 1. The van der Waals surface area contributed by atoms with E-state index in [9.17, 15) is 26.7 Å². The van der Waals surface area contributed by atoms with Gasteiger partial charge in [0.1, 0.15) is 11.7 Å². The van der Waals surface area contributed by atoms with E-state index in [2.05, 4.69) is 10.4 Å². The SMILES string of the molecule is Cc1cc(C(F)F)nn1C(C)C(=O)Nc1ccccc1C(F)(F)F. The van der Waals surface area contributed by atoms with Crippen LogP contribution < -0.4 is 5.32 Å². The highest BCUT2D eigenvalue weighted by atomic mass is 19.4. The summed E-state index contributed by atoms with van der Waals surface area (Å²) < 4.78 is 65.1. The lowest BCUT2D eigenvalue weighted by atomic mass is 10.1. The number of aromatic nitrogens is 2. The first-order valence-corrected chi connectivity index (χ1v) is 6.92. The minimum atomic E-state index is -4.63. The second kappa shape index (κ2) is 6.58. The molecule has 0 aliphatic heterocycles. The standard InChI is InChI=1S/C15H14F5N3O/c1-8-7-12(13(16)17)22-23(8)9(2)14(24)21-11-6-4-3-5-10(11)15(18,19)20/h3-7,9,13H,1-2H3,(H,21,24). The van der Waals surface area contributed by atoms with E-state index < -0.39 is 41.5 Å². The molecule has 0 aliphatic carbocycles.